The predicted molar refractivity (Wildman–Crippen MR) is 144 cm³/mol. The minimum atomic E-state index is -0.695. The molecule has 9 nitrogen and oxygen atoms in total. The third-order valence-electron chi connectivity index (χ3n) is 7.03. The second-order valence-electron chi connectivity index (χ2n) is 10.1. The van der Waals surface area contributed by atoms with Crippen molar-refractivity contribution in [1.82, 2.24) is 25.3 Å². The molecule has 2 aromatic carbocycles. The SMILES string of the molecule is Cc1cc(Cc2ccc(C(=O)NCC(=O)N3[C@@H](C(=O)N(C)C)CC[C@H]3c3cccc(F)c3)cc2C)c(=O)[nH]n1. The number of halogens is 1. The maximum atomic E-state index is 13.9. The Hall–Kier alpha value is -4.34. The summed E-state index contributed by atoms with van der Waals surface area (Å²) in [5, 5.41) is 9.03. The van der Waals surface area contributed by atoms with E-state index in [-0.39, 0.29) is 18.0 Å². The number of aryl methyl sites for hydroxylation is 2. The molecule has 1 fully saturated rings. The topological polar surface area (TPSA) is 115 Å². The first kappa shape index (κ1) is 27.7. The van der Waals surface area contributed by atoms with Crippen molar-refractivity contribution >= 4 is 17.7 Å². The summed E-state index contributed by atoms with van der Waals surface area (Å²) in [6, 6.07) is 11.7. The largest absolute Gasteiger partial charge is 0.347 e. The Kier molecular flexibility index (Phi) is 8.23. The van der Waals surface area contributed by atoms with Gasteiger partial charge in [-0.1, -0.05) is 18.2 Å². The number of carbonyl (C=O) groups is 3. The van der Waals surface area contributed by atoms with Crippen molar-refractivity contribution in [2.24, 2.45) is 0 Å². The number of likely N-dealkylation sites (tertiary alicyclic amines) is 1. The van der Waals surface area contributed by atoms with Crippen molar-refractivity contribution in [3.63, 3.8) is 0 Å². The third-order valence-corrected chi connectivity index (χ3v) is 7.03. The minimum absolute atomic E-state index is 0.219. The summed E-state index contributed by atoms with van der Waals surface area (Å²) in [7, 11) is 3.25. The Labute approximate surface area is 226 Å². The quantitative estimate of drug-likeness (QED) is 0.485. The Bertz CT molecular complexity index is 1470. The van der Waals surface area contributed by atoms with E-state index in [0.717, 1.165) is 11.1 Å². The molecule has 0 saturated carbocycles. The van der Waals surface area contributed by atoms with Gasteiger partial charge in [0.2, 0.25) is 11.8 Å². The van der Waals surface area contributed by atoms with Crippen LogP contribution in [-0.4, -0.2) is 64.4 Å². The van der Waals surface area contributed by atoms with E-state index >= 15 is 0 Å². The summed E-state index contributed by atoms with van der Waals surface area (Å²) < 4.78 is 13.9. The molecule has 0 aliphatic carbocycles. The zero-order valence-electron chi connectivity index (χ0n) is 22.5. The Balaban J connectivity index is 1.47. The molecular weight excluding hydrogens is 501 g/mol. The number of rotatable bonds is 7. The molecule has 10 heteroatoms. The van der Waals surface area contributed by atoms with Gasteiger partial charge in [0.25, 0.3) is 11.5 Å². The van der Waals surface area contributed by atoms with Crippen LogP contribution < -0.4 is 10.9 Å². The highest BCUT2D eigenvalue weighted by Crippen LogP contribution is 2.37. The van der Waals surface area contributed by atoms with Gasteiger partial charge in [-0.15, -0.1) is 0 Å². The van der Waals surface area contributed by atoms with Crippen LogP contribution in [0.1, 0.15) is 57.2 Å². The van der Waals surface area contributed by atoms with E-state index < -0.39 is 29.7 Å². The summed E-state index contributed by atoms with van der Waals surface area (Å²) in [6.45, 7) is 3.33. The third kappa shape index (κ3) is 6.22. The van der Waals surface area contributed by atoms with Crippen LogP contribution in [0.3, 0.4) is 0 Å². The van der Waals surface area contributed by atoms with Crippen LogP contribution in [0.4, 0.5) is 4.39 Å². The molecule has 4 rings (SSSR count). The van der Waals surface area contributed by atoms with E-state index in [2.05, 4.69) is 15.5 Å². The predicted octanol–water partition coefficient (Wildman–Crippen LogP) is 2.67. The van der Waals surface area contributed by atoms with Crippen LogP contribution >= 0.6 is 0 Å². The van der Waals surface area contributed by atoms with Gasteiger partial charge in [-0.05, 0) is 73.7 Å². The van der Waals surface area contributed by atoms with Gasteiger partial charge in [-0.25, -0.2) is 9.49 Å². The summed E-state index contributed by atoms with van der Waals surface area (Å²) in [6.07, 6.45) is 1.34. The van der Waals surface area contributed by atoms with E-state index in [0.29, 0.717) is 41.6 Å². The van der Waals surface area contributed by atoms with Crippen LogP contribution in [-0.2, 0) is 16.0 Å². The average molecular weight is 534 g/mol. The lowest BCUT2D eigenvalue weighted by atomic mass is 9.99. The molecule has 2 atom stereocenters. The highest BCUT2D eigenvalue weighted by Gasteiger charge is 2.42. The number of aromatic nitrogens is 2. The number of hydrogen-bond donors (Lipinski definition) is 2. The zero-order chi connectivity index (χ0) is 28.3. The number of H-pyrrole nitrogens is 1. The summed E-state index contributed by atoms with van der Waals surface area (Å²) in [5.41, 5.74) is 3.71. The minimum Gasteiger partial charge on any atom is -0.347 e. The Morgan fingerprint density at radius 3 is 2.54 bits per heavy atom. The highest BCUT2D eigenvalue weighted by molar-refractivity contribution is 5.97. The monoisotopic (exact) mass is 533 g/mol. The molecule has 1 aliphatic heterocycles. The fourth-order valence-electron chi connectivity index (χ4n) is 5.02. The lowest BCUT2D eigenvalue weighted by molar-refractivity contribution is -0.143. The number of amides is 3. The van der Waals surface area contributed by atoms with Gasteiger partial charge in [0.1, 0.15) is 11.9 Å². The molecule has 0 bridgehead atoms. The second-order valence-corrected chi connectivity index (χ2v) is 10.1. The number of aromatic amines is 1. The molecule has 0 radical (unpaired) electrons. The molecule has 39 heavy (non-hydrogen) atoms. The highest BCUT2D eigenvalue weighted by atomic mass is 19.1. The lowest BCUT2D eigenvalue weighted by Crippen LogP contribution is -2.49. The molecule has 1 saturated heterocycles. The molecule has 3 amide bonds. The number of nitrogens with one attached hydrogen (secondary N) is 2. The molecule has 1 aliphatic rings. The van der Waals surface area contributed by atoms with Gasteiger partial charge in [0.15, 0.2) is 0 Å². The van der Waals surface area contributed by atoms with Crippen molar-refractivity contribution in [3.05, 3.63) is 98.2 Å². The molecule has 1 aromatic heterocycles. The van der Waals surface area contributed by atoms with Crippen molar-refractivity contribution < 1.29 is 18.8 Å². The van der Waals surface area contributed by atoms with E-state index in [1.165, 1.54) is 21.9 Å². The van der Waals surface area contributed by atoms with Crippen LogP contribution in [0.2, 0.25) is 0 Å². The fraction of sp³-hybridized carbons (Fsp3) is 0.345. The number of nitrogens with zero attached hydrogens (tertiary/aromatic N) is 3. The normalized spacial score (nSPS) is 16.7. The summed E-state index contributed by atoms with van der Waals surface area (Å²) >= 11 is 0. The lowest BCUT2D eigenvalue weighted by Gasteiger charge is -2.31. The van der Waals surface area contributed by atoms with Crippen molar-refractivity contribution in [1.29, 1.82) is 0 Å². The second kappa shape index (κ2) is 11.6. The van der Waals surface area contributed by atoms with Crippen molar-refractivity contribution in [2.45, 2.75) is 45.2 Å². The molecule has 0 unspecified atom stereocenters. The molecular formula is C29H32FN5O4. The fourth-order valence-corrected chi connectivity index (χ4v) is 5.02. The van der Waals surface area contributed by atoms with E-state index in [9.17, 15) is 23.6 Å². The number of likely N-dealkylation sites (N-methyl/N-ethyl adjacent to an activating group) is 1. The molecule has 0 spiro atoms. The number of carbonyl (C=O) groups excluding carboxylic acids is 3. The molecule has 2 N–H and O–H groups in total. The number of benzene rings is 2. The van der Waals surface area contributed by atoms with E-state index in [1.54, 1.807) is 57.4 Å². The first-order valence-corrected chi connectivity index (χ1v) is 12.8. The maximum Gasteiger partial charge on any atom is 0.267 e. The zero-order valence-corrected chi connectivity index (χ0v) is 22.5. The van der Waals surface area contributed by atoms with E-state index in [1.807, 2.05) is 6.92 Å². The van der Waals surface area contributed by atoms with Crippen LogP contribution in [0.25, 0.3) is 0 Å². The van der Waals surface area contributed by atoms with Gasteiger partial charge < -0.3 is 15.1 Å². The Morgan fingerprint density at radius 1 is 1.08 bits per heavy atom. The Morgan fingerprint density at radius 2 is 1.85 bits per heavy atom. The standard InChI is InChI=1S/C29H32FN5O4/c1-17-12-21(9-8-19(17)14-22-13-18(2)32-33-28(22)38)27(37)31-16-26(36)35-24(20-6-5-7-23(30)15-20)10-11-25(35)29(39)34(3)4/h5-9,12-13,15,24-25H,10-11,14,16H2,1-4H3,(H,31,37)(H,33,38)/t24-,25+/m0/s1. The van der Waals surface area contributed by atoms with Gasteiger partial charge in [-0.2, -0.15) is 5.10 Å². The van der Waals surface area contributed by atoms with Crippen molar-refractivity contribution in [3.8, 4) is 0 Å². The van der Waals surface area contributed by atoms with Crippen LogP contribution in [0.5, 0.6) is 0 Å². The average Bonchev–Trinajstić information content (AvgIpc) is 3.35. The molecule has 2 heterocycles. The van der Waals surface area contributed by atoms with Gasteiger partial charge in [0.05, 0.1) is 18.3 Å². The summed E-state index contributed by atoms with van der Waals surface area (Å²) in [5.74, 6) is -1.50. The first-order valence-electron chi connectivity index (χ1n) is 12.8. The maximum absolute atomic E-state index is 13.9. The first-order chi connectivity index (χ1) is 18.5. The summed E-state index contributed by atoms with van der Waals surface area (Å²) in [4.78, 5) is 54.2. The molecule has 204 valence electrons. The van der Waals surface area contributed by atoms with Gasteiger partial charge in [-0.3, -0.25) is 19.2 Å². The van der Waals surface area contributed by atoms with Crippen molar-refractivity contribution in [2.75, 3.05) is 20.6 Å². The molecule has 3 aromatic rings. The van der Waals surface area contributed by atoms with E-state index in [4.69, 9.17) is 0 Å². The van der Waals surface area contributed by atoms with Gasteiger partial charge >= 0.3 is 0 Å². The van der Waals surface area contributed by atoms with Crippen LogP contribution in [0.15, 0.2) is 53.3 Å². The van der Waals surface area contributed by atoms with Gasteiger partial charge in [0, 0.05) is 31.6 Å². The van der Waals surface area contributed by atoms with Crippen LogP contribution in [0, 0.1) is 19.7 Å². The number of hydrogen-bond acceptors (Lipinski definition) is 5. The smallest absolute Gasteiger partial charge is 0.267 e.